The van der Waals surface area contributed by atoms with Crippen molar-refractivity contribution in [2.45, 2.75) is 33.1 Å². The molecule has 0 aromatic carbocycles. The predicted octanol–water partition coefficient (Wildman–Crippen LogP) is 2.34. The van der Waals surface area contributed by atoms with Crippen LogP contribution in [0.3, 0.4) is 0 Å². The largest absolute Gasteiger partial charge is 0.198 e. The third-order valence-corrected chi connectivity index (χ3v) is 2.51. The number of hydrogen-bond donors (Lipinski definition) is 0. The van der Waals surface area contributed by atoms with E-state index in [1.165, 1.54) is 6.42 Å². The molecule has 0 bridgehead atoms. The molecule has 9 heavy (non-hydrogen) atoms. The molecule has 0 aromatic heterocycles. The average Bonchev–Trinajstić information content (AvgIpc) is 1.81. The average molecular weight is 123 g/mol. The molecule has 1 aliphatic carbocycles. The SMILES string of the molecule is CCC1(C)CC(C#N)C1. The fourth-order valence-electron chi connectivity index (χ4n) is 1.51. The Balaban J connectivity index is 2.34. The highest BCUT2D eigenvalue weighted by Crippen LogP contribution is 2.47. The molecule has 0 radical (unpaired) electrons. The second-order valence-corrected chi connectivity index (χ2v) is 3.40. The Morgan fingerprint density at radius 2 is 2.22 bits per heavy atom. The molecule has 0 aliphatic heterocycles. The van der Waals surface area contributed by atoms with E-state index in [4.69, 9.17) is 5.26 Å². The van der Waals surface area contributed by atoms with Gasteiger partial charge in [-0.3, -0.25) is 0 Å². The Labute approximate surface area is 56.7 Å². The van der Waals surface area contributed by atoms with Gasteiger partial charge in [0.15, 0.2) is 0 Å². The zero-order chi connectivity index (χ0) is 6.91. The van der Waals surface area contributed by atoms with Gasteiger partial charge in [0.25, 0.3) is 0 Å². The lowest BCUT2D eigenvalue weighted by Gasteiger charge is -2.41. The zero-order valence-corrected chi connectivity index (χ0v) is 6.15. The molecule has 1 rings (SSSR count). The van der Waals surface area contributed by atoms with Gasteiger partial charge in [-0.25, -0.2) is 0 Å². The van der Waals surface area contributed by atoms with Crippen LogP contribution in [0.2, 0.25) is 0 Å². The minimum atomic E-state index is 0.370. The van der Waals surface area contributed by atoms with Crippen molar-refractivity contribution in [3.63, 3.8) is 0 Å². The van der Waals surface area contributed by atoms with Gasteiger partial charge in [0.2, 0.25) is 0 Å². The Morgan fingerprint density at radius 1 is 1.67 bits per heavy atom. The molecule has 0 aromatic rings. The summed E-state index contributed by atoms with van der Waals surface area (Å²) in [6.45, 7) is 4.47. The van der Waals surface area contributed by atoms with Gasteiger partial charge in [0.05, 0.1) is 6.07 Å². The monoisotopic (exact) mass is 123 g/mol. The van der Waals surface area contributed by atoms with E-state index in [-0.39, 0.29) is 0 Å². The summed E-state index contributed by atoms with van der Waals surface area (Å²) in [4.78, 5) is 0. The van der Waals surface area contributed by atoms with Crippen molar-refractivity contribution >= 4 is 0 Å². The molecule has 1 fully saturated rings. The summed E-state index contributed by atoms with van der Waals surface area (Å²) in [7, 11) is 0. The lowest BCUT2D eigenvalue weighted by atomic mass is 9.62. The summed E-state index contributed by atoms with van der Waals surface area (Å²) >= 11 is 0. The van der Waals surface area contributed by atoms with Crippen molar-refractivity contribution < 1.29 is 0 Å². The normalized spacial score (nSPS) is 41.2. The molecular formula is C8H13N. The van der Waals surface area contributed by atoms with Gasteiger partial charge in [0, 0.05) is 5.92 Å². The van der Waals surface area contributed by atoms with Crippen LogP contribution < -0.4 is 0 Å². The van der Waals surface area contributed by atoms with E-state index < -0.39 is 0 Å². The summed E-state index contributed by atoms with van der Waals surface area (Å²) < 4.78 is 0. The van der Waals surface area contributed by atoms with Crippen LogP contribution in [-0.4, -0.2) is 0 Å². The van der Waals surface area contributed by atoms with E-state index in [1.807, 2.05) is 0 Å². The first-order valence-electron chi connectivity index (χ1n) is 3.60. The predicted molar refractivity (Wildman–Crippen MR) is 36.7 cm³/mol. The van der Waals surface area contributed by atoms with Crippen LogP contribution in [0.25, 0.3) is 0 Å². The van der Waals surface area contributed by atoms with Crippen molar-refractivity contribution in [3.05, 3.63) is 0 Å². The molecule has 0 heterocycles. The topological polar surface area (TPSA) is 23.8 Å². The number of rotatable bonds is 1. The van der Waals surface area contributed by atoms with E-state index in [2.05, 4.69) is 19.9 Å². The molecule has 0 saturated heterocycles. The van der Waals surface area contributed by atoms with Crippen molar-refractivity contribution in [2.24, 2.45) is 11.3 Å². The van der Waals surface area contributed by atoms with Gasteiger partial charge in [-0.1, -0.05) is 20.3 Å². The molecular weight excluding hydrogens is 110 g/mol. The highest BCUT2D eigenvalue weighted by atomic mass is 14.4. The number of nitrogens with zero attached hydrogens (tertiary/aromatic N) is 1. The fourth-order valence-corrected chi connectivity index (χ4v) is 1.51. The second kappa shape index (κ2) is 2.02. The molecule has 1 heteroatoms. The van der Waals surface area contributed by atoms with Gasteiger partial charge in [-0.2, -0.15) is 5.26 Å². The van der Waals surface area contributed by atoms with Crippen LogP contribution in [0.4, 0.5) is 0 Å². The summed E-state index contributed by atoms with van der Waals surface area (Å²) in [5, 5.41) is 8.46. The van der Waals surface area contributed by atoms with Crippen molar-refractivity contribution in [1.29, 1.82) is 5.26 Å². The van der Waals surface area contributed by atoms with Crippen molar-refractivity contribution in [3.8, 4) is 6.07 Å². The maximum atomic E-state index is 8.46. The molecule has 1 aliphatic rings. The summed E-state index contributed by atoms with van der Waals surface area (Å²) in [6, 6.07) is 2.29. The van der Waals surface area contributed by atoms with E-state index in [0.29, 0.717) is 11.3 Å². The van der Waals surface area contributed by atoms with Gasteiger partial charge < -0.3 is 0 Å². The molecule has 50 valence electrons. The molecule has 0 unspecified atom stereocenters. The first kappa shape index (κ1) is 6.61. The van der Waals surface area contributed by atoms with Crippen LogP contribution in [0.15, 0.2) is 0 Å². The smallest absolute Gasteiger partial charge is 0.0656 e. The first-order chi connectivity index (χ1) is 4.20. The molecule has 0 N–H and O–H groups in total. The van der Waals surface area contributed by atoms with E-state index in [9.17, 15) is 0 Å². The minimum Gasteiger partial charge on any atom is -0.198 e. The summed E-state index contributed by atoms with van der Waals surface area (Å²) in [5.41, 5.74) is 0.514. The Morgan fingerprint density at radius 3 is 2.56 bits per heavy atom. The second-order valence-electron chi connectivity index (χ2n) is 3.40. The molecule has 0 spiro atoms. The summed E-state index contributed by atoms with van der Waals surface area (Å²) in [6.07, 6.45) is 3.48. The Bertz CT molecular complexity index is 137. The Kier molecular flexibility index (Phi) is 1.48. The maximum absolute atomic E-state index is 8.46. The van der Waals surface area contributed by atoms with Crippen LogP contribution in [0.1, 0.15) is 33.1 Å². The summed E-state index contributed by atoms with van der Waals surface area (Å²) in [5.74, 6) is 0.370. The van der Waals surface area contributed by atoms with Gasteiger partial charge in [-0.15, -0.1) is 0 Å². The highest BCUT2D eigenvalue weighted by Gasteiger charge is 2.38. The van der Waals surface area contributed by atoms with Gasteiger partial charge in [0.1, 0.15) is 0 Å². The van der Waals surface area contributed by atoms with Crippen LogP contribution in [-0.2, 0) is 0 Å². The lowest BCUT2D eigenvalue weighted by Crippen LogP contribution is -2.32. The van der Waals surface area contributed by atoms with E-state index in [0.717, 1.165) is 12.8 Å². The van der Waals surface area contributed by atoms with Crippen molar-refractivity contribution in [1.82, 2.24) is 0 Å². The quantitative estimate of drug-likeness (QED) is 0.525. The third kappa shape index (κ3) is 1.08. The maximum Gasteiger partial charge on any atom is 0.0656 e. The third-order valence-electron chi connectivity index (χ3n) is 2.51. The fraction of sp³-hybridized carbons (Fsp3) is 0.875. The highest BCUT2D eigenvalue weighted by molar-refractivity contribution is 4.99. The zero-order valence-electron chi connectivity index (χ0n) is 6.15. The standard InChI is InChI=1S/C8H13N/c1-3-8(2)4-7(5-8)6-9/h7H,3-5H2,1-2H3. The molecule has 0 amide bonds. The molecule has 1 nitrogen and oxygen atoms in total. The van der Waals surface area contributed by atoms with Crippen molar-refractivity contribution in [2.75, 3.05) is 0 Å². The van der Waals surface area contributed by atoms with E-state index in [1.54, 1.807) is 0 Å². The number of nitriles is 1. The first-order valence-corrected chi connectivity index (χ1v) is 3.60. The Hall–Kier alpha value is -0.510. The van der Waals surface area contributed by atoms with Gasteiger partial charge >= 0.3 is 0 Å². The lowest BCUT2D eigenvalue weighted by molar-refractivity contribution is 0.106. The van der Waals surface area contributed by atoms with Crippen LogP contribution >= 0.6 is 0 Å². The number of hydrogen-bond acceptors (Lipinski definition) is 1. The minimum absolute atomic E-state index is 0.370. The van der Waals surface area contributed by atoms with Crippen LogP contribution in [0, 0.1) is 22.7 Å². The van der Waals surface area contributed by atoms with Crippen LogP contribution in [0.5, 0.6) is 0 Å². The molecule has 1 saturated carbocycles. The molecule has 0 atom stereocenters. The van der Waals surface area contributed by atoms with Gasteiger partial charge in [-0.05, 0) is 18.3 Å². The van der Waals surface area contributed by atoms with E-state index >= 15 is 0 Å².